The monoisotopic (exact) mass is 310 g/mol. The molecule has 0 saturated heterocycles. The lowest BCUT2D eigenvalue weighted by Crippen LogP contribution is -2.04. The first-order valence-electron chi connectivity index (χ1n) is 7.62. The maximum absolute atomic E-state index is 10.9. The molecule has 0 aromatic heterocycles. The molecule has 0 spiro atoms. The van der Waals surface area contributed by atoms with E-state index in [1.165, 1.54) is 0 Å². The molecule has 1 aliphatic rings. The van der Waals surface area contributed by atoms with Crippen LogP contribution in [0.25, 0.3) is 0 Å². The number of aryl methyl sites for hydroxylation is 1. The van der Waals surface area contributed by atoms with Crippen LogP contribution in [0.5, 0.6) is 5.75 Å². The Morgan fingerprint density at radius 1 is 1.48 bits per heavy atom. The minimum absolute atomic E-state index is 0.149. The molecule has 0 radical (unpaired) electrons. The summed E-state index contributed by atoms with van der Waals surface area (Å²) in [7, 11) is 0. The quantitative estimate of drug-likeness (QED) is 0.805. The fourth-order valence-electron chi connectivity index (χ4n) is 2.82. The van der Waals surface area contributed by atoms with E-state index in [-0.39, 0.29) is 5.92 Å². The minimum Gasteiger partial charge on any atom is -0.493 e. The van der Waals surface area contributed by atoms with Gasteiger partial charge in [0.1, 0.15) is 5.75 Å². The summed E-state index contributed by atoms with van der Waals surface area (Å²) in [6.45, 7) is 6.85. The van der Waals surface area contributed by atoms with Crippen molar-refractivity contribution in [3.05, 3.63) is 28.3 Å². The van der Waals surface area contributed by atoms with Gasteiger partial charge in [-0.25, -0.2) is 0 Å². The van der Waals surface area contributed by atoms with Crippen LogP contribution in [0, 0.1) is 11.8 Å². The van der Waals surface area contributed by atoms with Crippen molar-refractivity contribution in [2.24, 2.45) is 11.8 Å². The van der Waals surface area contributed by atoms with Gasteiger partial charge in [-0.1, -0.05) is 25.4 Å². The lowest BCUT2D eigenvalue weighted by Gasteiger charge is -2.18. The molecule has 1 fully saturated rings. The predicted octanol–water partition coefficient (Wildman–Crippen LogP) is 4.52. The Labute approximate surface area is 131 Å². The zero-order valence-corrected chi connectivity index (χ0v) is 13.6. The van der Waals surface area contributed by atoms with Crippen molar-refractivity contribution in [1.29, 1.82) is 0 Å². The second-order valence-electron chi connectivity index (χ2n) is 6.05. The highest BCUT2D eigenvalue weighted by atomic mass is 35.5. The van der Waals surface area contributed by atoms with Gasteiger partial charge in [0, 0.05) is 5.02 Å². The van der Waals surface area contributed by atoms with Crippen molar-refractivity contribution in [3.8, 4) is 5.75 Å². The molecule has 116 valence electrons. The zero-order valence-electron chi connectivity index (χ0n) is 12.9. The summed E-state index contributed by atoms with van der Waals surface area (Å²) >= 11 is 6.23. The highest BCUT2D eigenvalue weighted by Gasteiger charge is 2.42. The van der Waals surface area contributed by atoms with Crippen molar-refractivity contribution in [3.63, 3.8) is 0 Å². The van der Waals surface area contributed by atoms with Gasteiger partial charge in [0.15, 0.2) is 0 Å². The number of carboxylic acid groups (broad SMARTS) is 1. The highest BCUT2D eigenvalue weighted by Crippen LogP contribution is 2.43. The summed E-state index contributed by atoms with van der Waals surface area (Å²) in [6.07, 6.45) is 2.51. The average molecular weight is 311 g/mol. The first-order chi connectivity index (χ1) is 9.93. The Hall–Kier alpha value is -1.22. The molecule has 0 aliphatic heterocycles. The normalized spacial score (nSPS) is 20.6. The van der Waals surface area contributed by atoms with Gasteiger partial charge in [-0.15, -0.1) is 0 Å². The van der Waals surface area contributed by atoms with E-state index in [0.717, 1.165) is 41.2 Å². The fraction of sp³-hybridized carbons (Fsp3) is 0.588. The smallest absolute Gasteiger partial charge is 0.306 e. The summed E-state index contributed by atoms with van der Waals surface area (Å²) in [6, 6.07) is 3.93. The van der Waals surface area contributed by atoms with Gasteiger partial charge >= 0.3 is 5.97 Å². The number of carbonyl (C=O) groups is 1. The standard InChI is InChI=1S/C17H23ClO3/c1-4-21-16-12(6-5-11-8-15(11)17(19)20)7-13(18)9-14(16)10(2)3/h7,9-11,15H,4-6,8H2,1-3H3,(H,19,20). The number of carboxylic acids is 1. The van der Waals surface area contributed by atoms with Crippen molar-refractivity contribution >= 4 is 17.6 Å². The summed E-state index contributed by atoms with van der Waals surface area (Å²) in [5.41, 5.74) is 2.23. The number of benzene rings is 1. The van der Waals surface area contributed by atoms with E-state index >= 15 is 0 Å². The van der Waals surface area contributed by atoms with Crippen LogP contribution in [0.15, 0.2) is 12.1 Å². The molecule has 1 N–H and O–H groups in total. The van der Waals surface area contributed by atoms with E-state index < -0.39 is 5.97 Å². The van der Waals surface area contributed by atoms with Gasteiger partial charge in [0.2, 0.25) is 0 Å². The number of ether oxygens (including phenoxy) is 1. The van der Waals surface area contributed by atoms with Crippen molar-refractivity contribution in [2.45, 2.75) is 46.0 Å². The van der Waals surface area contributed by atoms with Crippen molar-refractivity contribution in [1.82, 2.24) is 0 Å². The van der Waals surface area contributed by atoms with E-state index in [0.29, 0.717) is 18.4 Å². The Morgan fingerprint density at radius 2 is 2.19 bits per heavy atom. The maximum Gasteiger partial charge on any atom is 0.306 e. The maximum atomic E-state index is 10.9. The number of hydrogen-bond acceptors (Lipinski definition) is 2. The molecule has 3 nitrogen and oxygen atoms in total. The lowest BCUT2D eigenvalue weighted by molar-refractivity contribution is -0.138. The third-order valence-electron chi connectivity index (χ3n) is 4.09. The largest absolute Gasteiger partial charge is 0.493 e. The first kappa shape index (κ1) is 16.2. The average Bonchev–Trinajstić information content (AvgIpc) is 3.18. The molecular weight excluding hydrogens is 288 g/mol. The molecule has 21 heavy (non-hydrogen) atoms. The lowest BCUT2D eigenvalue weighted by atomic mass is 9.96. The molecule has 2 unspecified atom stereocenters. The van der Waals surface area contributed by atoms with Crippen LogP contribution in [-0.2, 0) is 11.2 Å². The predicted molar refractivity (Wildman–Crippen MR) is 84.3 cm³/mol. The van der Waals surface area contributed by atoms with Crippen LogP contribution in [0.3, 0.4) is 0 Å². The summed E-state index contributed by atoms with van der Waals surface area (Å²) < 4.78 is 5.84. The number of aliphatic carboxylic acids is 1. The number of hydrogen-bond donors (Lipinski definition) is 1. The van der Waals surface area contributed by atoms with Gasteiger partial charge in [-0.05, 0) is 61.3 Å². The van der Waals surface area contributed by atoms with E-state index in [9.17, 15) is 4.79 Å². The Morgan fingerprint density at radius 3 is 2.71 bits per heavy atom. The van der Waals surface area contributed by atoms with Gasteiger partial charge < -0.3 is 9.84 Å². The molecule has 1 saturated carbocycles. The van der Waals surface area contributed by atoms with Gasteiger partial charge in [0.05, 0.1) is 12.5 Å². The van der Waals surface area contributed by atoms with E-state index in [2.05, 4.69) is 13.8 Å². The molecule has 0 amide bonds. The van der Waals surface area contributed by atoms with Gasteiger partial charge in [-0.2, -0.15) is 0 Å². The Bertz CT molecular complexity index is 525. The SMILES string of the molecule is CCOc1c(CCC2CC2C(=O)O)cc(Cl)cc1C(C)C. The third kappa shape index (κ3) is 3.91. The molecule has 0 bridgehead atoms. The molecule has 2 rings (SSSR count). The molecule has 2 atom stereocenters. The molecule has 1 aliphatic carbocycles. The van der Waals surface area contributed by atoms with E-state index in [1.807, 2.05) is 19.1 Å². The van der Waals surface area contributed by atoms with E-state index in [1.54, 1.807) is 0 Å². The Kier molecular flexibility index (Phi) is 5.15. The van der Waals surface area contributed by atoms with Crippen LogP contribution in [0.2, 0.25) is 5.02 Å². The van der Waals surface area contributed by atoms with Crippen LogP contribution >= 0.6 is 11.6 Å². The highest BCUT2D eigenvalue weighted by molar-refractivity contribution is 6.30. The van der Waals surface area contributed by atoms with Crippen LogP contribution in [0.4, 0.5) is 0 Å². The van der Waals surface area contributed by atoms with Crippen LogP contribution in [0.1, 0.15) is 50.7 Å². The molecule has 1 aromatic carbocycles. The van der Waals surface area contributed by atoms with Crippen molar-refractivity contribution < 1.29 is 14.6 Å². The van der Waals surface area contributed by atoms with Crippen LogP contribution < -0.4 is 4.74 Å². The molecular formula is C17H23ClO3. The first-order valence-corrected chi connectivity index (χ1v) is 7.99. The topological polar surface area (TPSA) is 46.5 Å². The minimum atomic E-state index is -0.668. The van der Waals surface area contributed by atoms with E-state index in [4.69, 9.17) is 21.4 Å². The Balaban J connectivity index is 2.15. The zero-order chi connectivity index (χ0) is 15.6. The second kappa shape index (κ2) is 6.69. The fourth-order valence-corrected chi connectivity index (χ4v) is 3.07. The third-order valence-corrected chi connectivity index (χ3v) is 4.31. The van der Waals surface area contributed by atoms with Gasteiger partial charge in [0.25, 0.3) is 0 Å². The summed E-state index contributed by atoms with van der Waals surface area (Å²) in [5.74, 6) is 0.767. The van der Waals surface area contributed by atoms with Crippen molar-refractivity contribution in [2.75, 3.05) is 6.61 Å². The summed E-state index contributed by atoms with van der Waals surface area (Å²) in [5, 5.41) is 9.70. The second-order valence-corrected chi connectivity index (χ2v) is 6.49. The summed E-state index contributed by atoms with van der Waals surface area (Å²) in [4.78, 5) is 10.9. The van der Waals surface area contributed by atoms with Gasteiger partial charge in [-0.3, -0.25) is 4.79 Å². The molecule has 1 aromatic rings. The number of halogens is 1. The molecule has 4 heteroatoms. The number of rotatable bonds is 7. The molecule has 0 heterocycles. The van der Waals surface area contributed by atoms with Crippen LogP contribution in [-0.4, -0.2) is 17.7 Å².